The smallest absolute Gasteiger partial charge is 0.262 e. The van der Waals surface area contributed by atoms with Crippen molar-refractivity contribution in [3.8, 4) is 28.7 Å². The Hall–Kier alpha value is -3.96. The second-order valence-electron chi connectivity index (χ2n) is 6.77. The van der Waals surface area contributed by atoms with Crippen molar-refractivity contribution in [1.82, 2.24) is 0 Å². The average molecular weight is 488 g/mol. The predicted octanol–water partition coefficient (Wildman–Crippen LogP) is 2.03. The molecule has 0 radical (unpaired) electrons. The molecule has 0 atom stereocenters. The lowest BCUT2D eigenvalue weighted by Gasteiger charge is -2.19. The first-order valence-corrected chi connectivity index (χ1v) is 11.4. The molecule has 10 nitrogen and oxygen atoms in total. The van der Waals surface area contributed by atoms with Gasteiger partial charge in [-0.15, -0.1) is 0 Å². The number of carboxylic acid groups (broad SMARTS) is 1. The molecule has 0 unspecified atom stereocenters. The maximum Gasteiger partial charge on any atom is 0.262 e. The standard InChI is InChI=1S/C23H23NO9S/c1-30-16-6-8-19(9-7-16)34(28,29)24-20-12-15(23(26)27)13-21(32-11-10-25)22(20)33-18-5-3-4-17(14-18)31-2/h3-9,12-14,24-25H,10-11H2,1-2H3,(H,26,27)/p-1. The first-order valence-electron chi connectivity index (χ1n) is 9.89. The molecule has 0 heterocycles. The van der Waals surface area contributed by atoms with Gasteiger partial charge in [0.05, 0.1) is 37.4 Å². The summed E-state index contributed by atoms with van der Waals surface area (Å²) in [7, 11) is -1.26. The summed E-state index contributed by atoms with van der Waals surface area (Å²) < 4.78 is 50.0. The summed E-state index contributed by atoms with van der Waals surface area (Å²) >= 11 is 0. The van der Waals surface area contributed by atoms with Gasteiger partial charge in [0.1, 0.15) is 23.9 Å². The Bertz CT molecular complexity index is 1260. The number of sulfonamides is 1. The minimum atomic E-state index is -4.17. The van der Waals surface area contributed by atoms with Crippen molar-refractivity contribution in [2.45, 2.75) is 4.90 Å². The van der Waals surface area contributed by atoms with E-state index in [1.54, 1.807) is 24.3 Å². The van der Waals surface area contributed by atoms with Crippen LogP contribution in [-0.2, 0) is 10.0 Å². The summed E-state index contributed by atoms with van der Waals surface area (Å²) in [5.41, 5.74) is -0.577. The Balaban J connectivity index is 2.11. The number of benzene rings is 3. The molecule has 0 saturated heterocycles. The first-order chi connectivity index (χ1) is 16.3. The molecular formula is C23H22NO9S-. The number of anilines is 1. The van der Waals surface area contributed by atoms with E-state index in [0.29, 0.717) is 11.5 Å². The zero-order chi connectivity index (χ0) is 24.7. The van der Waals surface area contributed by atoms with Crippen LogP contribution in [-0.4, -0.2) is 46.9 Å². The molecule has 3 rings (SSSR count). The third kappa shape index (κ3) is 5.88. The summed E-state index contributed by atoms with van der Waals surface area (Å²) in [6.07, 6.45) is 0. The van der Waals surface area contributed by atoms with Gasteiger partial charge in [-0.1, -0.05) is 6.07 Å². The highest BCUT2D eigenvalue weighted by atomic mass is 32.2. The fourth-order valence-electron chi connectivity index (χ4n) is 2.91. The number of aromatic carboxylic acids is 1. The number of hydrogen-bond acceptors (Lipinski definition) is 9. The highest BCUT2D eigenvalue weighted by Gasteiger charge is 2.22. The summed E-state index contributed by atoms with van der Waals surface area (Å²) in [5, 5.41) is 20.7. The second kappa shape index (κ2) is 10.8. The van der Waals surface area contributed by atoms with E-state index in [-0.39, 0.29) is 46.6 Å². The summed E-state index contributed by atoms with van der Waals surface area (Å²) in [5.74, 6) is -0.609. The fraction of sp³-hybridized carbons (Fsp3) is 0.174. The third-order valence-corrected chi connectivity index (χ3v) is 5.90. The monoisotopic (exact) mass is 488 g/mol. The number of carboxylic acids is 1. The number of carbonyl (C=O) groups excluding carboxylic acids is 1. The molecule has 0 amide bonds. The number of aliphatic hydroxyl groups is 1. The topological polar surface area (TPSA) is 143 Å². The molecule has 2 N–H and O–H groups in total. The third-order valence-electron chi connectivity index (χ3n) is 4.51. The van der Waals surface area contributed by atoms with Crippen molar-refractivity contribution in [1.29, 1.82) is 0 Å². The SMILES string of the molecule is COc1ccc(S(=O)(=O)Nc2cc(C(=O)[O-])cc(OCCO)c2Oc2cccc(OC)c2)cc1. The lowest BCUT2D eigenvalue weighted by Crippen LogP contribution is -2.23. The minimum absolute atomic E-state index is 0.0997. The molecular weight excluding hydrogens is 466 g/mol. The van der Waals surface area contributed by atoms with E-state index < -0.39 is 16.0 Å². The van der Waals surface area contributed by atoms with Crippen LogP contribution in [0.1, 0.15) is 10.4 Å². The minimum Gasteiger partial charge on any atom is -0.545 e. The zero-order valence-electron chi connectivity index (χ0n) is 18.3. The normalized spacial score (nSPS) is 10.9. The van der Waals surface area contributed by atoms with Crippen LogP contribution < -0.4 is 28.8 Å². The van der Waals surface area contributed by atoms with Gasteiger partial charge in [-0.2, -0.15) is 0 Å². The van der Waals surface area contributed by atoms with Crippen molar-refractivity contribution in [3.63, 3.8) is 0 Å². The summed E-state index contributed by atoms with van der Waals surface area (Å²) in [4.78, 5) is 11.5. The molecule has 3 aromatic rings. The van der Waals surface area contributed by atoms with Gasteiger partial charge >= 0.3 is 0 Å². The van der Waals surface area contributed by atoms with Crippen molar-refractivity contribution >= 4 is 21.7 Å². The van der Waals surface area contributed by atoms with Crippen LogP contribution in [0.5, 0.6) is 28.7 Å². The van der Waals surface area contributed by atoms with E-state index in [4.69, 9.17) is 24.1 Å². The molecule has 0 aliphatic heterocycles. The van der Waals surface area contributed by atoms with Crippen LogP contribution in [0.3, 0.4) is 0 Å². The van der Waals surface area contributed by atoms with Gasteiger partial charge in [0.15, 0.2) is 11.5 Å². The molecule has 0 aliphatic carbocycles. The van der Waals surface area contributed by atoms with E-state index >= 15 is 0 Å². The fourth-order valence-corrected chi connectivity index (χ4v) is 3.96. The number of hydrogen-bond donors (Lipinski definition) is 2. The lowest BCUT2D eigenvalue weighted by atomic mass is 10.1. The molecule has 0 bridgehead atoms. The largest absolute Gasteiger partial charge is 0.545 e. The number of nitrogens with one attached hydrogen (secondary N) is 1. The van der Waals surface area contributed by atoms with Gasteiger partial charge < -0.3 is 34.0 Å². The van der Waals surface area contributed by atoms with E-state index in [1.165, 1.54) is 38.5 Å². The van der Waals surface area contributed by atoms with Crippen LogP contribution >= 0.6 is 0 Å². The highest BCUT2D eigenvalue weighted by Crippen LogP contribution is 2.41. The van der Waals surface area contributed by atoms with Crippen LogP contribution in [0.25, 0.3) is 0 Å². The molecule has 0 spiro atoms. The molecule has 34 heavy (non-hydrogen) atoms. The maximum atomic E-state index is 13.0. The van der Waals surface area contributed by atoms with E-state index in [2.05, 4.69) is 4.72 Å². The number of ether oxygens (including phenoxy) is 4. The van der Waals surface area contributed by atoms with Gasteiger partial charge in [0.25, 0.3) is 10.0 Å². The molecule has 180 valence electrons. The molecule has 0 saturated carbocycles. The first kappa shape index (κ1) is 24.7. The van der Waals surface area contributed by atoms with Crippen LogP contribution in [0.2, 0.25) is 0 Å². The maximum absolute atomic E-state index is 13.0. The number of methoxy groups -OCH3 is 2. The predicted molar refractivity (Wildman–Crippen MR) is 120 cm³/mol. The summed E-state index contributed by atoms with van der Waals surface area (Å²) in [6.45, 7) is -0.573. The van der Waals surface area contributed by atoms with Gasteiger partial charge in [-0.05, 0) is 48.5 Å². The Kier molecular flexibility index (Phi) is 7.82. The molecule has 0 aromatic heterocycles. The number of rotatable bonds is 11. The van der Waals surface area contributed by atoms with Gasteiger partial charge in [-0.3, -0.25) is 4.72 Å². The van der Waals surface area contributed by atoms with Crippen molar-refractivity contribution in [2.24, 2.45) is 0 Å². The Morgan fingerprint density at radius 1 is 0.971 bits per heavy atom. The quantitative estimate of drug-likeness (QED) is 0.414. The lowest BCUT2D eigenvalue weighted by molar-refractivity contribution is -0.255. The van der Waals surface area contributed by atoms with E-state index in [9.17, 15) is 18.3 Å². The van der Waals surface area contributed by atoms with Gasteiger partial charge in [0, 0.05) is 11.6 Å². The average Bonchev–Trinajstić information content (AvgIpc) is 2.83. The van der Waals surface area contributed by atoms with E-state index in [1.807, 2.05) is 0 Å². The number of carbonyl (C=O) groups is 1. The zero-order valence-corrected chi connectivity index (χ0v) is 19.1. The Morgan fingerprint density at radius 3 is 2.26 bits per heavy atom. The van der Waals surface area contributed by atoms with Crippen molar-refractivity contribution in [3.05, 3.63) is 66.2 Å². The van der Waals surface area contributed by atoms with Crippen molar-refractivity contribution < 1.29 is 42.4 Å². The molecule has 3 aromatic carbocycles. The van der Waals surface area contributed by atoms with E-state index in [0.717, 1.165) is 12.1 Å². The van der Waals surface area contributed by atoms with Gasteiger partial charge in [0.2, 0.25) is 0 Å². The second-order valence-corrected chi connectivity index (χ2v) is 8.46. The Labute approximate surface area is 196 Å². The molecule has 11 heteroatoms. The molecule has 0 aliphatic rings. The van der Waals surface area contributed by atoms with Crippen molar-refractivity contribution in [2.75, 3.05) is 32.2 Å². The van der Waals surface area contributed by atoms with Gasteiger partial charge in [-0.25, -0.2) is 8.42 Å². The molecule has 0 fully saturated rings. The van der Waals surface area contributed by atoms with Crippen LogP contribution in [0, 0.1) is 0 Å². The number of aliphatic hydroxyl groups excluding tert-OH is 1. The summed E-state index contributed by atoms with van der Waals surface area (Å²) in [6, 6.07) is 14.2. The van der Waals surface area contributed by atoms with Crippen LogP contribution in [0.15, 0.2) is 65.6 Å². The Morgan fingerprint density at radius 2 is 1.65 bits per heavy atom. The highest BCUT2D eigenvalue weighted by molar-refractivity contribution is 7.92. The van der Waals surface area contributed by atoms with Crippen LogP contribution in [0.4, 0.5) is 5.69 Å².